The Kier molecular flexibility index (Phi) is 3.64. The molecule has 0 fully saturated rings. The maximum atomic E-state index is 8.86. The van der Waals surface area contributed by atoms with Crippen LogP contribution in [0.5, 0.6) is 11.5 Å². The summed E-state index contributed by atoms with van der Waals surface area (Å²) in [5, 5.41) is 12.1. The van der Waals surface area contributed by atoms with Crippen molar-refractivity contribution in [3.8, 4) is 11.5 Å². The predicted molar refractivity (Wildman–Crippen MR) is 60.8 cm³/mol. The molecule has 16 heavy (non-hydrogen) atoms. The average molecular weight is 223 g/mol. The molecule has 0 amide bonds. The quantitative estimate of drug-likeness (QED) is 0.779. The van der Waals surface area contributed by atoms with Gasteiger partial charge in [0.15, 0.2) is 11.5 Å². The lowest BCUT2D eigenvalue weighted by Crippen LogP contribution is -2.30. The van der Waals surface area contributed by atoms with E-state index in [-0.39, 0.29) is 12.6 Å². The van der Waals surface area contributed by atoms with Gasteiger partial charge in [0.25, 0.3) is 0 Å². The van der Waals surface area contributed by atoms with Gasteiger partial charge in [-0.05, 0) is 37.6 Å². The summed E-state index contributed by atoms with van der Waals surface area (Å²) < 4.78 is 10.5. The van der Waals surface area contributed by atoms with Crippen LogP contribution in [0.25, 0.3) is 0 Å². The van der Waals surface area contributed by atoms with Gasteiger partial charge in [-0.25, -0.2) is 0 Å². The SMILES string of the molecule is CC(CO)NCCc1ccc2c(c1)OCO2. The van der Waals surface area contributed by atoms with Crippen molar-refractivity contribution in [2.45, 2.75) is 19.4 Å². The fourth-order valence-corrected chi connectivity index (χ4v) is 1.62. The van der Waals surface area contributed by atoms with E-state index in [1.54, 1.807) is 0 Å². The summed E-state index contributed by atoms with van der Waals surface area (Å²) in [6, 6.07) is 6.13. The van der Waals surface area contributed by atoms with E-state index in [1.807, 2.05) is 25.1 Å². The Balaban J connectivity index is 1.86. The second kappa shape index (κ2) is 5.18. The molecule has 0 spiro atoms. The number of nitrogens with one attached hydrogen (secondary N) is 1. The largest absolute Gasteiger partial charge is 0.454 e. The van der Waals surface area contributed by atoms with E-state index >= 15 is 0 Å². The minimum Gasteiger partial charge on any atom is -0.454 e. The highest BCUT2D eigenvalue weighted by Gasteiger charge is 2.12. The highest BCUT2D eigenvalue weighted by atomic mass is 16.7. The van der Waals surface area contributed by atoms with Crippen LogP contribution in [0.4, 0.5) is 0 Å². The molecule has 0 aromatic heterocycles. The van der Waals surface area contributed by atoms with Crippen LogP contribution in [0, 0.1) is 0 Å². The molecule has 1 aromatic rings. The van der Waals surface area contributed by atoms with E-state index in [9.17, 15) is 0 Å². The van der Waals surface area contributed by atoms with Gasteiger partial charge in [0.1, 0.15) is 0 Å². The van der Waals surface area contributed by atoms with Crippen LogP contribution in [0.1, 0.15) is 12.5 Å². The zero-order valence-electron chi connectivity index (χ0n) is 9.40. The van der Waals surface area contributed by atoms with Crippen LogP contribution in [0.15, 0.2) is 18.2 Å². The third-order valence-electron chi connectivity index (χ3n) is 2.62. The van der Waals surface area contributed by atoms with Gasteiger partial charge < -0.3 is 19.9 Å². The average Bonchev–Trinajstić information content (AvgIpc) is 2.76. The number of rotatable bonds is 5. The van der Waals surface area contributed by atoms with Crippen LogP contribution in [0.2, 0.25) is 0 Å². The lowest BCUT2D eigenvalue weighted by Gasteiger charge is -2.10. The first-order valence-electron chi connectivity index (χ1n) is 5.52. The van der Waals surface area contributed by atoms with Crippen LogP contribution in [-0.4, -0.2) is 31.1 Å². The summed E-state index contributed by atoms with van der Waals surface area (Å²) in [6.45, 7) is 3.29. The molecule has 0 saturated heterocycles. The smallest absolute Gasteiger partial charge is 0.231 e. The highest BCUT2D eigenvalue weighted by molar-refractivity contribution is 5.44. The summed E-state index contributed by atoms with van der Waals surface area (Å²) in [4.78, 5) is 0. The Hall–Kier alpha value is -1.26. The molecule has 2 rings (SSSR count). The molecule has 0 bridgehead atoms. The van der Waals surface area contributed by atoms with Crippen LogP contribution in [-0.2, 0) is 6.42 Å². The fraction of sp³-hybridized carbons (Fsp3) is 0.500. The maximum absolute atomic E-state index is 8.86. The number of hydrogen-bond donors (Lipinski definition) is 2. The molecule has 1 unspecified atom stereocenters. The number of ether oxygens (including phenoxy) is 2. The van der Waals surface area contributed by atoms with Gasteiger partial charge in [-0.3, -0.25) is 0 Å². The van der Waals surface area contributed by atoms with Crippen molar-refractivity contribution >= 4 is 0 Å². The molecule has 1 aliphatic heterocycles. The van der Waals surface area contributed by atoms with Gasteiger partial charge >= 0.3 is 0 Å². The van der Waals surface area contributed by atoms with Crippen molar-refractivity contribution in [1.82, 2.24) is 5.32 Å². The van der Waals surface area contributed by atoms with E-state index in [4.69, 9.17) is 14.6 Å². The van der Waals surface area contributed by atoms with Crippen LogP contribution in [0.3, 0.4) is 0 Å². The van der Waals surface area contributed by atoms with Crippen LogP contribution >= 0.6 is 0 Å². The summed E-state index contributed by atoms with van der Waals surface area (Å²) in [5.41, 5.74) is 1.21. The third-order valence-corrected chi connectivity index (χ3v) is 2.62. The summed E-state index contributed by atoms with van der Waals surface area (Å²) in [7, 11) is 0. The first-order valence-corrected chi connectivity index (χ1v) is 5.52. The zero-order valence-corrected chi connectivity index (χ0v) is 9.40. The van der Waals surface area contributed by atoms with E-state index in [2.05, 4.69) is 5.32 Å². The summed E-state index contributed by atoms with van der Waals surface area (Å²) in [6.07, 6.45) is 0.918. The summed E-state index contributed by atoms with van der Waals surface area (Å²) >= 11 is 0. The lowest BCUT2D eigenvalue weighted by atomic mass is 10.1. The highest BCUT2D eigenvalue weighted by Crippen LogP contribution is 2.32. The number of aliphatic hydroxyl groups is 1. The maximum Gasteiger partial charge on any atom is 0.231 e. The number of aliphatic hydroxyl groups excluding tert-OH is 1. The minimum absolute atomic E-state index is 0.147. The standard InChI is InChI=1S/C12H17NO3/c1-9(7-14)13-5-4-10-2-3-11-12(6-10)16-8-15-11/h2-3,6,9,13-14H,4-5,7-8H2,1H3. The van der Waals surface area contributed by atoms with Crippen molar-refractivity contribution in [3.05, 3.63) is 23.8 Å². The van der Waals surface area contributed by atoms with Gasteiger partial charge in [-0.15, -0.1) is 0 Å². The van der Waals surface area contributed by atoms with Gasteiger partial charge in [0, 0.05) is 6.04 Å². The zero-order chi connectivity index (χ0) is 11.4. The Labute approximate surface area is 95.2 Å². The van der Waals surface area contributed by atoms with Crippen molar-refractivity contribution in [2.75, 3.05) is 19.9 Å². The number of benzene rings is 1. The Morgan fingerprint density at radius 2 is 2.19 bits per heavy atom. The van der Waals surface area contributed by atoms with Crippen molar-refractivity contribution in [3.63, 3.8) is 0 Å². The van der Waals surface area contributed by atoms with Crippen molar-refractivity contribution < 1.29 is 14.6 Å². The van der Waals surface area contributed by atoms with Gasteiger partial charge in [-0.2, -0.15) is 0 Å². The number of hydrogen-bond acceptors (Lipinski definition) is 4. The molecule has 4 heteroatoms. The second-order valence-electron chi connectivity index (χ2n) is 3.98. The van der Waals surface area contributed by atoms with Gasteiger partial charge in [0.05, 0.1) is 6.61 Å². The predicted octanol–water partition coefficient (Wildman–Crippen LogP) is 0.928. The second-order valence-corrected chi connectivity index (χ2v) is 3.98. The molecule has 1 atom stereocenters. The Morgan fingerprint density at radius 3 is 3.00 bits per heavy atom. The Bertz CT molecular complexity index is 354. The third kappa shape index (κ3) is 2.65. The van der Waals surface area contributed by atoms with Crippen LogP contribution < -0.4 is 14.8 Å². The molecule has 0 radical (unpaired) electrons. The molecule has 4 nitrogen and oxygen atoms in total. The lowest BCUT2D eigenvalue weighted by molar-refractivity contribution is 0.174. The molecule has 2 N–H and O–H groups in total. The molecule has 1 aromatic carbocycles. The van der Waals surface area contributed by atoms with E-state index in [1.165, 1.54) is 5.56 Å². The fourth-order valence-electron chi connectivity index (χ4n) is 1.62. The normalized spacial score (nSPS) is 15.1. The van der Waals surface area contributed by atoms with Gasteiger partial charge in [-0.1, -0.05) is 6.07 Å². The monoisotopic (exact) mass is 223 g/mol. The molecule has 0 saturated carbocycles. The summed E-state index contributed by atoms with van der Waals surface area (Å²) in [5.74, 6) is 1.65. The number of fused-ring (bicyclic) bond motifs is 1. The molecular weight excluding hydrogens is 206 g/mol. The topological polar surface area (TPSA) is 50.7 Å². The molecule has 1 heterocycles. The first-order chi connectivity index (χ1) is 7.79. The molecule has 88 valence electrons. The molecular formula is C12H17NO3. The van der Waals surface area contributed by atoms with Crippen molar-refractivity contribution in [2.24, 2.45) is 0 Å². The minimum atomic E-state index is 0.147. The van der Waals surface area contributed by atoms with E-state index in [0.717, 1.165) is 24.5 Å². The van der Waals surface area contributed by atoms with Gasteiger partial charge in [0.2, 0.25) is 6.79 Å². The Morgan fingerprint density at radius 1 is 1.38 bits per heavy atom. The first kappa shape index (κ1) is 11.2. The van der Waals surface area contributed by atoms with E-state index < -0.39 is 0 Å². The van der Waals surface area contributed by atoms with E-state index in [0.29, 0.717) is 6.79 Å². The molecule has 1 aliphatic rings. The molecule has 0 aliphatic carbocycles. The van der Waals surface area contributed by atoms with Crippen molar-refractivity contribution in [1.29, 1.82) is 0 Å².